The van der Waals surface area contributed by atoms with Crippen LogP contribution < -0.4 is 5.73 Å². The van der Waals surface area contributed by atoms with E-state index in [0.29, 0.717) is 5.82 Å². The summed E-state index contributed by atoms with van der Waals surface area (Å²) in [6, 6.07) is 10.2. The highest BCUT2D eigenvalue weighted by molar-refractivity contribution is 7.97. The number of benzene rings is 1. The molecule has 4 heteroatoms. The van der Waals surface area contributed by atoms with E-state index in [-0.39, 0.29) is 0 Å². The summed E-state index contributed by atoms with van der Waals surface area (Å²) in [6.07, 6.45) is 1.85. The number of rotatable bonds is 2. The third-order valence-electron chi connectivity index (χ3n) is 2.02. The monoisotopic (exact) mass is 249 g/mol. The minimum atomic E-state index is 0.580. The molecule has 0 fully saturated rings. The van der Waals surface area contributed by atoms with Gasteiger partial charge in [-0.2, -0.15) is 0 Å². The molecule has 17 heavy (non-hydrogen) atoms. The van der Waals surface area contributed by atoms with E-state index in [9.17, 15) is 0 Å². The van der Waals surface area contributed by atoms with E-state index in [1.807, 2.05) is 6.20 Å². The molecule has 0 aliphatic carbocycles. The van der Waals surface area contributed by atoms with Crippen molar-refractivity contribution in [3.8, 4) is 0 Å². The predicted octanol–water partition coefficient (Wildman–Crippen LogP) is 3.28. The summed E-state index contributed by atoms with van der Waals surface area (Å²) in [7, 11) is 0. The fraction of sp³-hybridized carbons (Fsp3) is 0.308. The van der Waals surface area contributed by atoms with Crippen LogP contribution in [0.5, 0.6) is 0 Å². The minimum Gasteiger partial charge on any atom is -0.382 e. The quantitative estimate of drug-likeness (QED) is 0.888. The maximum Gasteiger partial charge on any atom is 0.146 e. The zero-order valence-electron chi connectivity index (χ0n) is 10.6. The van der Waals surface area contributed by atoms with Crippen LogP contribution >= 0.6 is 11.9 Å². The molecule has 1 heterocycles. The number of nitrogens with two attached hydrogens (primary N) is 1. The molecule has 0 saturated carbocycles. The second-order valence-corrected chi connectivity index (χ2v) is 4.93. The number of hydrogen-bond acceptors (Lipinski definition) is 3. The van der Waals surface area contributed by atoms with E-state index >= 15 is 0 Å². The van der Waals surface area contributed by atoms with Gasteiger partial charge in [0.05, 0.1) is 0 Å². The zero-order valence-corrected chi connectivity index (χ0v) is 11.4. The molecule has 0 radical (unpaired) electrons. The molecule has 1 aromatic heterocycles. The highest BCUT2D eigenvalue weighted by atomic mass is 32.2. The number of aryl methyl sites for hydroxylation is 2. The van der Waals surface area contributed by atoms with Gasteiger partial charge >= 0.3 is 0 Å². The van der Waals surface area contributed by atoms with Crippen LogP contribution in [-0.4, -0.2) is 14.9 Å². The maximum atomic E-state index is 5.36. The van der Waals surface area contributed by atoms with Crippen LogP contribution in [0.25, 0.3) is 0 Å². The van der Waals surface area contributed by atoms with Crippen LogP contribution in [0.2, 0.25) is 0 Å². The molecule has 2 aromatic rings. The third-order valence-corrected chi connectivity index (χ3v) is 2.75. The van der Waals surface area contributed by atoms with Gasteiger partial charge in [0.25, 0.3) is 0 Å². The Hall–Kier alpha value is -1.42. The lowest BCUT2D eigenvalue weighted by molar-refractivity contribution is 1.01. The summed E-state index contributed by atoms with van der Waals surface area (Å²) in [5.74, 6) is 1.59. The molecule has 0 unspecified atom stereocenters. The summed E-state index contributed by atoms with van der Waals surface area (Å²) >= 11 is 1.62. The largest absolute Gasteiger partial charge is 0.382 e. The van der Waals surface area contributed by atoms with Gasteiger partial charge in [0.2, 0.25) is 0 Å². The van der Waals surface area contributed by atoms with Crippen molar-refractivity contribution in [3.63, 3.8) is 0 Å². The second kappa shape index (κ2) is 7.01. The van der Waals surface area contributed by atoms with Gasteiger partial charge in [-0.05, 0) is 25.8 Å². The molecule has 92 valence electrons. The Balaban J connectivity index is 0.000000171. The molecule has 0 saturated heterocycles. The molecule has 0 atom stereocenters. The SMILES string of the molecule is CCSn1ccc(N)n1.Cc1cccc(C)c1. The topological polar surface area (TPSA) is 43.8 Å². The van der Waals surface area contributed by atoms with Gasteiger partial charge < -0.3 is 5.73 Å². The van der Waals surface area contributed by atoms with E-state index in [0.717, 1.165) is 5.75 Å². The van der Waals surface area contributed by atoms with Gasteiger partial charge in [-0.25, -0.2) is 4.09 Å². The Morgan fingerprint density at radius 3 is 2.24 bits per heavy atom. The summed E-state index contributed by atoms with van der Waals surface area (Å²) in [4.78, 5) is 0. The fourth-order valence-corrected chi connectivity index (χ4v) is 1.90. The number of nitrogens with zero attached hydrogens (tertiary/aromatic N) is 2. The van der Waals surface area contributed by atoms with E-state index < -0.39 is 0 Å². The van der Waals surface area contributed by atoms with Gasteiger partial charge in [0.1, 0.15) is 5.82 Å². The first kappa shape index (κ1) is 13.6. The molecule has 1 aromatic carbocycles. The molecular weight excluding hydrogens is 230 g/mol. The lowest BCUT2D eigenvalue weighted by Gasteiger charge is -1.92. The minimum absolute atomic E-state index is 0.580. The maximum absolute atomic E-state index is 5.36. The first-order valence-corrected chi connectivity index (χ1v) is 6.53. The molecule has 0 amide bonds. The standard InChI is InChI=1S/C8H10.C5H9N3S/c1-7-4-3-5-8(2)6-7;1-2-9-8-4-3-5(6)7-8/h3-6H,1-2H3;3-4H,2H2,1H3,(H2,6,7). The zero-order chi connectivity index (χ0) is 12.7. The lowest BCUT2D eigenvalue weighted by atomic mass is 10.2. The molecular formula is C13H19N3S. The average Bonchev–Trinajstić information content (AvgIpc) is 2.65. The Bertz CT molecular complexity index is 434. The number of anilines is 1. The van der Waals surface area contributed by atoms with Crippen molar-refractivity contribution in [3.05, 3.63) is 47.7 Å². The van der Waals surface area contributed by atoms with Crippen molar-refractivity contribution >= 4 is 17.8 Å². The Kier molecular flexibility index (Phi) is 5.63. The van der Waals surface area contributed by atoms with Crippen LogP contribution in [0.1, 0.15) is 18.1 Å². The number of aromatic nitrogens is 2. The molecule has 3 nitrogen and oxygen atoms in total. The molecule has 2 N–H and O–H groups in total. The van der Waals surface area contributed by atoms with Crippen molar-refractivity contribution in [2.75, 3.05) is 11.5 Å². The van der Waals surface area contributed by atoms with Crippen molar-refractivity contribution in [2.45, 2.75) is 20.8 Å². The molecule has 2 rings (SSSR count). The Morgan fingerprint density at radius 1 is 1.24 bits per heavy atom. The van der Waals surface area contributed by atoms with Crippen molar-refractivity contribution in [1.29, 1.82) is 0 Å². The summed E-state index contributed by atoms with van der Waals surface area (Å²) in [6.45, 7) is 6.28. The van der Waals surface area contributed by atoms with Gasteiger partial charge in [-0.1, -0.05) is 42.3 Å². The molecule has 0 spiro atoms. The van der Waals surface area contributed by atoms with E-state index in [4.69, 9.17) is 5.73 Å². The summed E-state index contributed by atoms with van der Waals surface area (Å²) in [5, 5.41) is 3.96. The van der Waals surface area contributed by atoms with Gasteiger partial charge in [0, 0.05) is 18.0 Å². The van der Waals surface area contributed by atoms with Crippen molar-refractivity contribution in [1.82, 2.24) is 9.19 Å². The predicted molar refractivity (Wildman–Crippen MR) is 76.1 cm³/mol. The normalized spacial score (nSPS) is 9.59. The Morgan fingerprint density at radius 2 is 1.88 bits per heavy atom. The number of nitrogen functional groups attached to an aromatic ring is 1. The number of hydrogen-bond donors (Lipinski definition) is 1. The highest BCUT2D eigenvalue weighted by Crippen LogP contribution is 2.05. The Labute approximate surface area is 107 Å². The molecule has 0 aliphatic rings. The van der Waals surface area contributed by atoms with Crippen molar-refractivity contribution in [2.24, 2.45) is 0 Å². The second-order valence-electron chi connectivity index (χ2n) is 3.72. The smallest absolute Gasteiger partial charge is 0.146 e. The molecule has 0 bridgehead atoms. The summed E-state index contributed by atoms with van der Waals surface area (Å²) in [5.41, 5.74) is 8.04. The third kappa shape index (κ3) is 5.45. The molecule has 0 aliphatic heterocycles. The first-order chi connectivity index (χ1) is 8.11. The van der Waals surface area contributed by atoms with E-state index in [1.165, 1.54) is 11.1 Å². The van der Waals surface area contributed by atoms with Crippen LogP contribution in [-0.2, 0) is 0 Å². The van der Waals surface area contributed by atoms with Gasteiger partial charge in [-0.15, -0.1) is 5.10 Å². The average molecular weight is 249 g/mol. The fourth-order valence-electron chi connectivity index (χ4n) is 1.33. The van der Waals surface area contributed by atoms with Crippen LogP contribution in [0, 0.1) is 13.8 Å². The van der Waals surface area contributed by atoms with E-state index in [1.54, 1.807) is 22.1 Å². The van der Waals surface area contributed by atoms with Crippen LogP contribution in [0.15, 0.2) is 36.5 Å². The van der Waals surface area contributed by atoms with Gasteiger partial charge in [-0.3, -0.25) is 0 Å². The lowest BCUT2D eigenvalue weighted by Crippen LogP contribution is -1.90. The first-order valence-electron chi connectivity index (χ1n) is 5.59. The van der Waals surface area contributed by atoms with Crippen LogP contribution in [0.4, 0.5) is 5.82 Å². The summed E-state index contributed by atoms with van der Waals surface area (Å²) < 4.78 is 1.76. The highest BCUT2D eigenvalue weighted by Gasteiger charge is 1.90. The van der Waals surface area contributed by atoms with Crippen molar-refractivity contribution < 1.29 is 0 Å². The van der Waals surface area contributed by atoms with E-state index in [2.05, 4.69) is 50.1 Å². The van der Waals surface area contributed by atoms with Crippen LogP contribution in [0.3, 0.4) is 0 Å². The van der Waals surface area contributed by atoms with Gasteiger partial charge in [0.15, 0.2) is 0 Å².